The van der Waals surface area contributed by atoms with Crippen molar-refractivity contribution in [2.75, 3.05) is 25.0 Å². The van der Waals surface area contributed by atoms with Gasteiger partial charge in [0.25, 0.3) is 5.91 Å². The van der Waals surface area contributed by atoms with Crippen LogP contribution in [-0.2, 0) is 4.79 Å². The van der Waals surface area contributed by atoms with Crippen molar-refractivity contribution in [2.45, 2.75) is 45.6 Å². The molecule has 1 aromatic carbocycles. The molecule has 0 aliphatic carbocycles. The molecule has 0 aromatic heterocycles. The van der Waals surface area contributed by atoms with Gasteiger partial charge in [0, 0.05) is 30.4 Å². The van der Waals surface area contributed by atoms with Gasteiger partial charge in [-0.25, -0.2) is 0 Å². The maximum atomic E-state index is 12.5. The van der Waals surface area contributed by atoms with Gasteiger partial charge in [-0.15, -0.1) is 0 Å². The van der Waals surface area contributed by atoms with Crippen LogP contribution >= 0.6 is 0 Å². The molecule has 1 unspecified atom stereocenters. The van der Waals surface area contributed by atoms with Crippen molar-refractivity contribution in [1.29, 1.82) is 0 Å². The molecule has 5 heteroatoms. The van der Waals surface area contributed by atoms with Gasteiger partial charge in [-0.3, -0.25) is 9.59 Å². The van der Waals surface area contributed by atoms with E-state index in [1.807, 2.05) is 43.0 Å². The second-order valence-electron chi connectivity index (χ2n) is 6.16. The molecule has 1 heterocycles. The summed E-state index contributed by atoms with van der Waals surface area (Å²) in [5.74, 6) is 0.0458. The molecule has 1 atom stereocenters. The number of nitrogens with one attached hydrogen (secondary N) is 2. The van der Waals surface area contributed by atoms with Crippen molar-refractivity contribution in [3.05, 3.63) is 29.8 Å². The Bertz CT molecular complexity index is 539. The number of hydrogen-bond acceptors (Lipinski definition) is 3. The number of likely N-dealkylation sites (tertiary alicyclic amines) is 1. The lowest BCUT2D eigenvalue weighted by Gasteiger charge is -2.26. The minimum Gasteiger partial charge on any atom is -0.376 e. The van der Waals surface area contributed by atoms with Crippen LogP contribution in [0.5, 0.6) is 0 Å². The van der Waals surface area contributed by atoms with E-state index >= 15 is 0 Å². The molecule has 1 saturated heterocycles. The highest BCUT2D eigenvalue weighted by Crippen LogP contribution is 2.16. The third-order valence-electron chi connectivity index (χ3n) is 4.23. The van der Waals surface area contributed by atoms with E-state index in [1.54, 1.807) is 0 Å². The molecule has 1 aromatic rings. The lowest BCUT2D eigenvalue weighted by atomic mass is 10.1. The number of piperidine rings is 1. The van der Waals surface area contributed by atoms with Gasteiger partial charge in [0.05, 0.1) is 6.54 Å². The van der Waals surface area contributed by atoms with Crippen LogP contribution in [0.25, 0.3) is 0 Å². The maximum absolute atomic E-state index is 12.5. The molecule has 1 fully saturated rings. The van der Waals surface area contributed by atoms with E-state index in [-0.39, 0.29) is 24.4 Å². The van der Waals surface area contributed by atoms with Crippen LogP contribution < -0.4 is 10.6 Å². The van der Waals surface area contributed by atoms with Crippen LogP contribution in [0.3, 0.4) is 0 Å². The Morgan fingerprint density at radius 2 is 1.96 bits per heavy atom. The minimum absolute atomic E-state index is 0.0351. The second-order valence-corrected chi connectivity index (χ2v) is 6.16. The van der Waals surface area contributed by atoms with Crippen LogP contribution in [0.1, 0.15) is 49.9 Å². The summed E-state index contributed by atoms with van der Waals surface area (Å²) in [7, 11) is 0. The van der Waals surface area contributed by atoms with E-state index < -0.39 is 0 Å². The summed E-state index contributed by atoms with van der Waals surface area (Å²) in [6, 6.07) is 7.57. The molecule has 5 nitrogen and oxygen atoms in total. The molecule has 0 spiro atoms. The van der Waals surface area contributed by atoms with Crippen LogP contribution in [0.2, 0.25) is 0 Å². The Kier molecular flexibility index (Phi) is 6.44. The SMILES string of the molecule is CCC(C)NC(=O)CNc1cccc(C(=O)N2CCCCC2)c1. The number of carbonyl (C=O) groups is 2. The summed E-state index contributed by atoms with van der Waals surface area (Å²) < 4.78 is 0. The van der Waals surface area contributed by atoms with Crippen molar-refractivity contribution < 1.29 is 9.59 Å². The summed E-state index contributed by atoms with van der Waals surface area (Å²) in [5, 5.41) is 6.00. The predicted molar refractivity (Wildman–Crippen MR) is 92.6 cm³/mol. The fourth-order valence-corrected chi connectivity index (χ4v) is 2.65. The minimum atomic E-state index is -0.0351. The van der Waals surface area contributed by atoms with E-state index in [9.17, 15) is 9.59 Å². The molecule has 0 bridgehead atoms. The van der Waals surface area contributed by atoms with Gasteiger partial charge < -0.3 is 15.5 Å². The highest BCUT2D eigenvalue weighted by atomic mass is 16.2. The van der Waals surface area contributed by atoms with E-state index in [4.69, 9.17) is 0 Å². The number of carbonyl (C=O) groups excluding carboxylic acids is 2. The monoisotopic (exact) mass is 317 g/mol. The van der Waals surface area contributed by atoms with Crippen LogP contribution in [0.15, 0.2) is 24.3 Å². The van der Waals surface area contributed by atoms with Gasteiger partial charge >= 0.3 is 0 Å². The van der Waals surface area contributed by atoms with Crippen molar-refractivity contribution in [1.82, 2.24) is 10.2 Å². The fraction of sp³-hybridized carbons (Fsp3) is 0.556. The molecule has 126 valence electrons. The third-order valence-corrected chi connectivity index (χ3v) is 4.23. The van der Waals surface area contributed by atoms with Gasteiger partial charge in [-0.2, -0.15) is 0 Å². The van der Waals surface area contributed by atoms with Crippen molar-refractivity contribution in [3.8, 4) is 0 Å². The first-order valence-electron chi connectivity index (χ1n) is 8.52. The number of benzene rings is 1. The molecular formula is C18H27N3O2. The molecule has 0 radical (unpaired) electrons. The molecule has 23 heavy (non-hydrogen) atoms. The number of amides is 2. The van der Waals surface area contributed by atoms with Crippen molar-refractivity contribution >= 4 is 17.5 Å². The lowest BCUT2D eigenvalue weighted by Crippen LogP contribution is -2.36. The van der Waals surface area contributed by atoms with E-state index in [0.717, 1.165) is 38.0 Å². The van der Waals surface area contributed by atoms with E-state index in [1.165, 1.54) is 6.42 Å². The van der Waals surface area contributed by atoms with E-state index in [0.29, 0.717) is 5.56 Å². The Labute approximate surface area is 138 Å². The zero-order valence-electron chi connectivity index (χ0n) is 14.1. The number of hydrogen-bond donors (Lipinski definition) is 2. The van der Waals surface area contributed by atoms with Crippen LogP contribution in [0, 0.1) is 0 Å². The van der Waals surface area contributed by atoms with Crippen LogP contribution in [0.4, 0.5) is 5.69 Å². The second kappa shape index (κ2) is 8.56. The van der Waals surface area contributed by atoms with Crippen molar-refractivity contribution in [3.63, 3.8) is 0 Å². The summed E-state index contributed by atoms with van der Waals surface area (Å²) >= 11 is 0. The maximum Gasteiger partial charge on any atom is 0.253 e. The number of rotatable bonds is 6. The Morgan fingerprint density at radius 1 is 1.22 bits per heavy atom. The molecule has 2 rings (SSSR count). The smallest absolute Gasteiger partial charge is 0.253 e. The van der Waals surface area contributed by atoms with Gasteiger partial charge in [-0.05, 0) is 50.8 Å². The van der Waals surface area contributed by atoms with Crippen LogP contribution in [-0.4, -0.2) is 42.4 Å². The molecule has 2 N–H and O–H groups in total. The lowest BCUT2D eigenvalue weighted by molar-refractivity contribution is -0.120. The topological polar surface area (TPSA) is 61.4 Å². The molecule has 0 saturated carbocycles. The summed E-state index contributed by atoms with van der Waals surface area (Å²) in [4.78, 5) is 26.2. The first-order valence-corrected chi connectivity index (χ1v) is 8.52. The zero-order chi connectivity index (χ0) is 16.7. The quantitative estimate of drug-likeness (QED) is 0.848. The Morgan fingerprint density at radius 3 is 2.65 bits per heavy atom. The molecule has 2 amide bonds. The molecule has 1 aliphatic rings. The van der Waals surface area contributed by atoms with Gasteiger partial charge in [0.15, 0.2) is 0 Å². The first kappa shape index (κ1) is 17.3. The summed E-state index contributed by atoms with van der Waals surface area (Å²) in [6.45, 7) is 5.91. The van der Waals surface area contributed by atoms with E-state index in [2.05, 4.69) is 10.6 Å². The Balaban J connectivity index is 1.91. The normalized spacial score (nSPS) is 15.8. The zero-order valence-corrected chi connectivity index (χ0v) is 14.1. The average Bonchev–Trinajstić information content (AvgIpc) is 2.60. The highest BCUT2D eigenvalue weighted by molar-refractivity contribution is 5.95. The number of anilines is 1. The van der Waals surface area contributed by atoms with Gasteiger partial charge in [0.1, 0.15) is 0 Å². The predicted octanol–water partition coefficient (Wildman–Crippen LogP) is 2.64. The fourth-order valence-electron chi connectivity index (χ4n) is 2.65. The highest BCUT2D eigenvalue weighted by Gasteiger charge is 2.18. The summed E-state index contributed by atoms with van der Waals surface area (Å²) in [5.41, 5.74) is 1.48. The largest absolute Gasteiger partial charge is 0.376 e. The first-order chi connectivity index (χ1) is 11.1. The standard InChI is InChI=1S/C18H27N3O2/c1-3-14(2)20-17(22)13-19-16-9-7-8-15(12-16)18(23)21-10-5-4-6-11-21/h7-9,12,14,19H,3-6,10-11,13H2,1-2H3,(H,20,22). The molecular weight excluding hydrogens is 290 g/mol. The molecule has 1 aliphatic heterocycles. The van der Waals surface area contributed by atoms with Gasteiger partial charge in [0.2, 0.25) is 5.91 Å². The van der Waals surface area contributed by atoms with Crippen molar-refractivity contribution in [2.24, 2.45) is 0 Å². The van der Waals surface area contributed by atoms with Gasteiger partial charge in [-0.1, -0.05) is 13.0 Å². The number of nitrogens with zero attached hydrogens (tertiary/aromatic N) is 1. The average molecular weight is 317 g/mol. The third kappa shape index (κ3) is 5.27. The Hall–Kier alpha value is -2.04. The summed E-state index contributed by atoms with van der Waals surface area (Å²) in [6.07, 6.45) is 4.28.